The van der Waals surface area contributed by atoms with Crippen molar-refractivity contribution in [2.24, 2.45) is 0 Å². The second-order valence-electron chi connectivity index (χ2n) is 6.50. The molecule has 6 heteroatoms. The van der Waals surface area contributed by atoms with Crippen LogP contribution < -0.4 is 10.1 Å². The summed E-state index contributed by atoms with van der Waals surface area (Å²) >= 11 is 7.40. The van der Waals surface area contributed by atoms with Crippen LogP contribution in [0.2, 0.25) is 5.02 Å². The molecular weight excluding hydrogens is 382 g/mol. The molecule has 0 aromatic heterocycles. The third-order valence-electron chi connectivity index (χ3n) is 4.34. The van der Waals surface area contributed by atoms with E-state index in [1.165, 1.54) is 18.2 Å². The van der Waals surface area contributed by atoms with Gasteiger partial charge in [-0.05, 0) is 62.6 Å². The molecule has 0 bridgehead atoms. The van der Waals surface area contributed by atoms with Crippen molar-refractivity contribution in [1.29, 1.82) is 0 Å². The lowest BCUT2D eigenvalue weighted by Gasteiger charge is -2.23. The Morgan fingerprint density at radius 3 is 2.78 bits per heavy atom. The van der Waals surface area contributed by atoms with E-state index in [0.717, 1.165) is 24.3 Å². The number of para-hydroxylation sites is 2. The number of hydrogen-bond acceptors (Lipinski definition) is 4. The van der Waals surface area contributed by atoms with E-state index in [1.807, 2.05) is 55.5 Å². The summed E-state index contributed by atoms with van der Waals surface area (Å²) in [6.45, 7) is 3.18. The molecule has 2 aromatic rings. The Kier molecular flexibility index (Phi) is 7.44. The molecule has 27 heavy (non-hydrogen) atoms. The number of hydrogen-bond donors (Lipinski definition) is 1. The normalized spacial score (nSPS) is 17.9. The molecule has 1 saturated heterocycles. The van der Waals surface area contributed by atoms with Gasteiger partial charge in [-0.25, -0.2) is 0 Å². The Labute approximate surface area is 169 Å². The molecule has 1 amide bonds. The van der Waals surface area contributed by atoms with Crippen LogP contribution in [-0.2, 0) is 9.53 Å². The summed E-state index contributed by atoms with van der Waals surface area (Å²) < 4.78 is 11.6. The van der Waals surface area contributed by atoms with Crippen molar-refractivity contribution in [3.8, 4) is 5.75 Å². The third kappa shape index (κ3) is 6.16. The molecule has 0 radical (unpaired) electrons. The van der Waals surface area contributed by atoms with E-state index in [4.69, 9.17) is 21.1 Å². The quantitative estimate of drug-likeness (QED) is 0.626. The highest BCUT2D eigenvalue weighted by Gasteiger charge is 2.18. The monoisotopic (exact) mass is 405 g/mol. The minimum atomic E-state index is -0.249. The summed E-state index contributed by atoms with van der Waals surface area (Å²) in [5.74, 6) is 0.601. The summed E-state index contributed by atoms with van der Waals surface area (Å²) in [7, 11) is 0. The Hall–Kier alpha value is -1.69. The van der Waals surface area contributed by atoms with E-state index >= 15 is 0 Å². The van der Waals surface area contributed by atoms with Gasteiger partial charge in [0.2, 0.25) is 5.91 Å². The van der Waals surface area contributed by atoms with E-state index in [-0.39, 0.29) is 17.3 Å². The van der Waals surface area contributed by atoms with E-state index in [0.29, 0.717) is 23.1 Å². The van der Waals surface area contributed by atoms with Gasteiger partial charge in [0.15, 0.2) is 0 Å². The molecule has 1 heterocycles. The highest BCUT2D eigenvalue weighted by atomic mass is 35.5. The van der Waals surface area contributed by atoms with Gasteiger partial charge in [-0.2, -0.15) is 0 Å². The van der Waals surface area contributed by atoms with Crippen LogP contribution in [0.1, 0.15) is 26.2 Å². The van der Waals surface area contributed by atoms with Crippen LogP contribution in [0.3, 0.4) is 0 Å². The second-order valence-corrected chi connectivity index (χ2v) is 8.35. The molecule has 2 aromatic carbocycles. The van der Waals surface area contributed by atoms with Crippen molar-refractivity contribution in [3.05, 3.63) is 53.6 Å². The number of benzene rings is 2. The number of thioether (sulfide) groups is 1. The molecule has 1 fully saturated rings. The van der Waals surface area contributed by atoms with Crippen LogP contribution in [-0.4, -0.2) is 30.5 Å². The largest absolute Gasteiger partial charge is 0.489 e. The number of amides is 1. The van der Waals surface area contributed by atoms with Crippen LogP contribution in [0.15, 0.2) is 53.4 Å². The molecule has 144 valence electrons. The number of carbonyl (C=O) groups is 1. The fraction of sp³-hybridized carbons (Fsp3) is 0.381. The van der Waals surface area contributed by atoms with Gasteiger partial charge in [-0.1, -0.05) is 23.7 Å². The fourth-order valence-corrected chi connectivity index (χ4v) is 3.82. The number of anilines is 1. The van der Waals surface area contributed by atoms with Crippen molar-refractivity contribution < 1.29 is 14.3 Å². The molecule has 0 spiro atoms. The van der Waals surface area contributed by atoms with Gasteiger partial charge < -0.3 is 14.8 Å². The predicted molar refractivity (Wildman–Crippen MR) is 111 cm³/mol. The number of ether oxygens (including phenoxy) is 2. The molecule has 1 N–H and O–H groups in total. The average Bonchev–Trinajstić information content (AvgIpc) is 2.70. The Morgan fingerprint density at radius 1 is 1.26 bits per heavy atom. The van der Waals surface area contributed by atoms with Crippen LogP contribution in [0.25, 0.3) is 0 Å². The van der Waals surface area contributed by atoms with E-state index in [9.17, 15) is 4.79 Å². The molecule has 3 rings (SSSR count). The van der Waals surface area contributed by atoms with Gasteiger partial charge in [0, 0.05) is 16.5 Å². The first-order chi connectivity index (χ1) is 13.1. The number of halogens is 1. The molecule has 2 unspecified atom stereocenters. The van der Waals surface area contributed by atoms with Crippen LogP contribution >= 0.6 is 23.4 Å². The smallest absolute Gasteiger partial charge is 0.237 e. The van der Waals surface area contributed by atoms with Crippen LogP contribution in [0.5, 0.6) is 5.75 Å². The predicted octanol–water partition coefficient (Wildman–Crippen LogP) is 5.41. The number of carbonyl (C=O) groups excluding carboxylic acids is 1. The Morgan fingerprint density at radius 2 is 2.04 bits per heavy atom. The highest BCUT2D eigenvalue weighted by molar-refractivity contribution is 8.00. The summed E-state index contributed by atoms with van der Waals surface area (Å²) in [6, 6.07) is 15.0. The maximum atomic E-state index is 12.6. The minimum Gasteiger partial charge on any atom is -0.489 e. The first kappa shape index (κ1) is 20.1. The standard InChI is InChI=1S/C21H24ClNO3S/c1-15(27-18-11-9-16(22)10-12-18)21(24)23-19-7-2-3-8-20(19)26-14-17-6-4-5-13-25-17/h2-3,7-12,15,17H,4-6,13-14H2,1H3,(H,23,24). The summed E-state index contributed by atoms with van der Waals surface area (Å²) in [5.41, 5.74) is 0.682. The Bertz CT molecular complexity index is 747. The van der Waals surface area contributed by atoms with Crippen LogP contribution in [0, 0.1) is 0 Å². The van der Waals surface area contributed by atoms with Crippen LogP contribution in [0.4, 0.5) is 5.69 Å². The molecule has 4 nitrogen and oxygen atoms in total. The maximum absolute atomic E-state index is 12.6. The molecule has 1 aliphatic heterocycles. The molecule has 1 aliphatic rings. The molecule has 2 atom stereocenters. The van der Waals surface area contributed by atoms with Crippen molar-refractivity contribution in [2.45, 2.75) is 42.4 Å². The van der Waals surface area contributed by atoms with Gasteiger partial charge in [-0.15, -0.1) is 11.8 Å². The number of rotatable bonds is 7. The summed E-state index contributed by atoms with van der Waals surface area (Å²) in [6.07, 6.45) is 3.43. The van der Waals surface area contributed by atoms with Crippen molar-refractivity contribution in [3.63, 3.8) is 0 Å². The van der Waals surface area contributed by atoms with Crippen molar-refractivity contribution in [2.75, 3.05) is 18.5 Å². The topological polar surface area (TPSA) is 47.6 Å². The number of nitrogens with one attached hydrogen (secondary N) is 1. The second kappa shape index (κ2) is 10.0. The van der Waals surface area contributed by atoms with E-state index in [1.54, 1.807) is 0 Å². The Balaban J connectivity index is 1.57. The first-order valence-corrected chi connectivity index (χ1v) is 10.4. The lowest BCUT2D eigenvalue weighted by atomic mass is 10.1. The zero-order valence-corrected chi connectivity index (χ0v) is 16.9. The van der Waals surface area contributed by atoms with E-state index < -0.39 is 0 Å². The molecule has 0 aliphatic carbocycles. The lowest BCUT2D eigenvalue weighted by Crippen LogP contribution is -2.26. The zero-order chi connectivity index (χ0) is 19.1. The van der Waals surface area contributed by atoms with E-state index in [2.05, 4.69) is 5.32 Å². The van der Waals surface area contributed by atoms with Gasteiger partial charge in [0.1, 0.15) is 12.4 Å². The lowest BCUT2D eigenvalue weighted by molar-refractivity contribution is -0.115. The fourth-order valence-electron chi connectivity index (χ4n) is 2.82. The maximum Gasteiger partial charge on any atom is 0.237 e. The first-order valence-electron chi connectivity index (χ1n) is 9.18. The van der Waals surface area contributed by atoms with Gasteiger partial charge in [-0.3, -0.25) is 4.79 Å². The van der Waals surface area contributed by atoms with Crippen molar-refractivity contribution >= 4 is 35.0 Å². The zero-order valence-electron chi connectivity index (χ0n) is 15.3. The summed E-state index contributed by atoms with van der Waals surface area (Å²) in [4.78, 5) is 13.6. The minimum absolute atomic E-state index is 0.0695. The molecular formula is C21H24ClNO3S. The average molecular weight is 406 g/mol. The highest BCUT2D eigenvalue weighted by Crippen LogP contribution is 2.28. The summed E-state index contributed by atoms with van der Waals surface area (Å²) in [5, 5.41) is 3.41. The van der Waals surface area contributed by atoms with Crippen molar-refractivity contribution in [1.82, 2.24) is 0 Å². The van der Waals surface area contributed by atoms with Gasteiger partial charge in [0.25, 0.3) is 0 Å². The van der Waals surface area contributed by atoms with Gasteiger partial charge >= 0.3 is 0 Å². The SMILES string of the molecule is CC(Sc1ccc(Cl)cc1)C(=O)Nc1ccccc1OCC1CCCCO1. The molecule has 0 saturated carbocycles. The van der Waals surface area contributed by atoms with Gasteiger partial charge in [0.05, 0.1) is 17.0 Å². The third-order valence-corrected chi connectivity index (χ3v) is 5.70.